The topological polar surface area (TPSA) is 42.7 Å². The van der Waals surface area contributed by atoms with E-state index in [1.807, 2.05) is 41.8 Å². The molecule has 0 spiro atoms. The van der Waals surface area contributed by atoms with Crippen LogP contribution < -0.4 is 5.32 Å². The fourth-order valence-corrected chi connectivity index (χ4v) is 2.24. The first-order valence-electron chi connectivity index (χ1n) is 6.70. The highest BCUT2D eigenvalue weighted by molar-refractivity contribution is 5.52. The van der Waals surface area contributed by atoms with Crippen LogP contribution in [0.3, 0.4) is 0 Å². The minimum atomic E-state index is -0.201. The van der Waals surface area contributed by atoms with Gasteiger partial charge in [-0.15, -0.1) is 10.2 Å². The van der Waals surface area contributed by atoms with Gasteiger partial charge in [-0.3, -0.25) is 4.57 Å². The van der Waals surface area contributed by atoms with Crippen LogP contribution in [0.2, 0.25) is 0 Å². The molecule has 0 saturated carbocycles. The largest absolute Gasteiger partial charge is 0.378 e. The van der Waals surface area contributed by atoms with E-state index < -0.39 is 0 Å². The van der Waals surface area contributed by atoms with E-state index in [1.54, 1.807) is 24.8 Å². The highest BCUT2D eigenvalue weighted by Crippen LogP contribution is 2.22. The Morgan fingerprint density at radius 3 is 2.57 bits per heavy atom. The Labute approximate surface area is 122 Å². The van der Waals surface area contributed by atoms with Crippen molar-refractivity contribution in [2.45, 2.75) is 13.0 Å². The Morgan fingerprint density at radius 2 is 1.81 bits per heavy atom. The van der Waals surface area contributed by atoms with E-state index >= 15 is 0 Å². The molecule has 1 heterocycles. The summed E-state index contributed by atoms with van der Waals surface area (Å²) in [6.07, 6.45) is 3.28. The van der Waals surface area contributed by atoms with Gasteiger partial charge in [-0.1, -0.05) is 24.3 Å². The van der Waals surface area contributed by atoms with E-state index in [0.717, 1.165) is 11.4 Å². The number of rotatable bonds is 4. The Hall–Kier alpha value is -2.69. The molecule has 1 N–H and O–H groups in total. The van der Waals surface area contributed by atoms with E-state index in [4.69, 9.17) is 0 Å². The number of benzene rings is 2. The summed E-state index contributed by atoms with van der Waals surface area (Å²) in [5.74, 6) is -0.201. The molecule has 21 heavy (non-hydrogen) atoms. The van der Waals surface area contributed by atoms with Crippen molar-refractivity contribution in [2.75, 3.05) is 5.32 Å². The van der Waals surface area contributed by atoms with Gasteiger partial charge in [0.05, 0.1) is 11.7 Å². The van der Waals surface area contributed by atoms with Crippen molar-refractivity contribution in [3.63, 3.8) is 0 Å². The molecule has 0 bridgehead atoms. The van der Waals surface area contributed by atoms with Crippen LogP contribution in [0.4, 0.5) is 10.1 Å². The lowest BCUT2D eigenvalue weighted by molar-refractivity contribution is 0.600. The van der Waals surface area contributed by atoms with Crippen molar-refractivity contribution in [3.05, 3.63) is 72.6 Å². The van der Waals surface area contributed by atoms with Gasteiger partial charge in [-0.25, -0.2) is 4.39 Å². The fraction of sp³-hybridized carbons (Fsp3) is 0.125. The summed E-state index contributed by atoms with van der Waals surface area (Å²) in [6.45, 7) is 1.93. The maximum atomic E-state index is 13.8. The maximum absolute atomic E-state index is 13.8. The molecule has 0 amide bonds. The van der Waals surface area contributed by atoms with Crippen LogP contribution in [0.1, 0.15) is 18.5 Å². The summed E-state index contributed by atoms with van der Waals surface area (Å²) in [4.78, 5) is 0. The molecule has 1 aromatic heterocycles. The molecular weight excluding hydrogens is 267 g/mol. The average molecular weight is 282 g/mol. The Morgan fingerprint density at radius 1 is 1.05 bits per heavy atom. The zero-order chi connectivity index (χ0) is 14.7. The van der Waals surface area contributed by atoms with Crippen molar-refractivity contribution >= 4 is 5.69 Å². The molecule has 3 aromatic rings. The Kier molecular flexibility index (Phi) is 3.64. The number of hydrogen-bond acceptors (Lipinski definition) is 3. The van der Waals surface area contributed by atoms with E-state index in [-0.39, 0.29) is 11.9 Å². The highest BCUT2D eigenvalue weighted by atomic mass is 19.1. The van der Waals surface area contributed by atoms with Crippen molar-refractivity contribution < 1.29 is 4.39 Å². The zero-order valence-corrected chi connectivity index (χ0v) is 11.6. The monoisotopic (exact) mass is 282 g/mol. The van der Waals surface area contributed by atoms with Crippen molar-refractivity contribution in [3.8, 4) is 5.69 Å². The van der Waals surface area contributed by atoms with Crippen LogP contribution in [0.5, 0.6) is 0 Å². The normalized spacial score (nSPS) is 12.1. The zero-order valence-electron chi connectivity index (χ0n) is 11.6. The molecular formula is C16H15FN4. The van der Waals surface area contributed by atoms with Gasteiger partial charge in [0.2, 0.25) is 0 Å². The number of halogens is 1. The minimum Gasteiger partial charge on any atom is -0.378 e. The minimum absolute atomic E-state index is 0.123. The Bertz CT molecular complexity index is 725. The molecule has 4 nitrogen and oxygen atoms in total. The first-order chi connectivity index (χ1) is 10.2. The van der Waals surface area contributed by atoms with Gasteiger partial charge in [0.25, 0.3) is 0 Å². The van der Waals surface area contributed by atoms with Gasteiger partial charge in [0.15, 0.2) is 0 Å². The van der Waals surface area contributed by atoms with Crippen LogP contribution >= 0.6 is 0 Å². The quantitative estimate of drug-likeness (QED) is 0.795. The van der Waals surface area contributed by atoms with Crippen molar-refractivity contribution in [2.24, 2.45) is 0 Å². The van der Waals surface area contributed by atoms with Gasteiger partial charge in [-0.05, 0) is 31.2 Å². The van der Waals surface area contributed by atoms with Gasteiger partial charge in [0, 0.05) is 11.3 Å². The molecule has 0 aliphatic heterocycles. The van der Waals surface area contributed by atoms with Crippen molar-refractivity contribution in [1.82, 2.24) is 14.8 Å². The summed E-state index contributed by atoms with van der Waals surface area (Å²) in [6, 6.07) is 14.5. The molecule has 0 radical (unpaired) electrons. The van der Waals surface area contributed by atoms with Crippen LogP contribution in [0, 0.1) is 5.82 Å². The summed E-state index contributed by atoms with van der Waals surface area (Å²) in [5.41, 5.74) is 2.51. The third-order valence-corrected chi connectivity index (χ3v) is 3.32. The molecule has 0 aliphatic carbocycles. The molecule has 0 aliphatic rings. The molecule has 1 unspecified atom stereocenters. The fourth-order valence-electron chi connectivity index (χ4n) is 2.24. The number of aromatic nitrogens is 3. The van der Waals surface area contributed by atoms with Gasteiger partial charge < -0.3 is 5.32 Å². The molecule has 0 saturated heterocycles. The number of nitrogens with one attached hydrogen (secondary N) is 1. The molecule has 2 aromatic carbocycles. The van der Waals surface area contributed by atoms with Gasteiger partial charge in [-0.2, -0.15) is 0 Å². The summed E-state index contributed by atoms with van der Waals surface area (Å²) in [7, 11) is 0. The SMILES string of the molecule is CC(Nc1cccc(-n2cnnc2)c1)c1ccccc1F. The second-order valence-corrected chi connectivity index (χ2v) is 4.81. The predicted molar refractivity (Wildman–Crippen MR) is 79.8 cm³/mol. The second kappa shape index (κ2) is 5.75. The van der Waals surface area contributed by atoms with Crippen LogP contribution in [-0.2, 0) is 0 Å². The third kappa shape index (κ3) is 2.91. The van der Waals surface area contributed by atoms with Crippen LogP contribution in [-0.4, -0.2) is 14.8 Å². The maximum Gasteiger partial charge on any atom is 0.128 e. The molecule has 106 valence electrons. The highest BCUT2D eigenvalue weighted by Gasteiger charge is 2.10. The number of nitrogens with zero attached hydrogens (tertiary/aromatic N) is 3. The average Bonchev–Trinajstić information content (AvgIpc) is 3.02. The van der Waals surface area contributed by atoms with Crippen molar-refractivity contribution in [1.29, 1.82) is 0 Å². The van der Waals surface area contributed by atoms with Crippen LogP contribution in [0.25, 0.3) is 5.69 Å². The second-order valence-electron chi connectivity index (χ2n) is 4.81. The molecule has 0 fully saturated rings. The van der Waals surface area contributed by atoms with Crippen LogP contribution in [0.15, 0.2) is 61.2 Å². The number of anilines is 1. The standard InChI is InChI=1S/C16H15FN4/c1-12(15-7-2-3-8-16(15)17)20-13-5-4-6-14(9-13)21-10-18-19-11-21/h2-12,20H,1H3. The first kappa shape index (κ1) is 13.3. The smallest absolute Gasteiger partial charge is 0.128 e. The van der Waals surface area contributed by atoms with Gasteiger partial charge in [0.1, 0.15) is 18.5 Å². The predicted octanol–water partition coefficient (Wildman–Crippen LogP) is 3.58. The lowest BCUT2D eigenvalue weighted by Crippen LogP contribution is -2.08. The first-order valence-corrected chi connectivity index (χ1v) is 6.70. The lowest BCUT2D eigenvalue weighted by Gasteiger charge is -2.17. The molecule has 1 atom stereocenters. The lowest BCUT2D eigenvalue weighted by atomic mass is 10.1. The third-order valence-electron chi connectivity index (χ3n) is 3.32. The van der Waals surface area contributed by atoms with E-state index in [9.17, 15) is 4.39 Å². The summed E-state index contributed by atoms with van der Waals surface area (Å²) < 4.78 is 15.6. The van der Waals surface area contributed by atoms with Gasteiger partial charge >= 0.3 is 0 Å². The van der Waals surface area contributed by atoms with E-state index in [1.165, 1.54) is 6.07 Å². The van der Waals surface area contributed by atoms with E-state index in [2.05, 4.69) is 15.5 Å². The Balaban J connectivity index is 1.82. The molecule has 3 rings (SSSR count). The molecule has 5 heteroatoms. The number of hydrogen-bond donors (Lipinski definition) is 1. The summed E-state index contributed by atoms with van der Waals surface area (Å²) in [5, 5.41) is 10.9. The summed E-state index contributed by atoms with van der Waals surface area (Å²) >= 11 is 0. The van der Waals surface area contributed by atoms with E-state index in [0.29, 0.717) is 5.56 Å².